The molecule has 2 N–H and O–H groups in total. The summed E-state index contributed by atoms with van der Waals surface area (Å²) < 4.78 is 6.54. The van der Waals surface area contributed by atoms with Crippen LogP contribution in [0.5, 0.6) is 5.75 Å². The molecule has 3 rings (SSSR count). The molecular weight excluding hydrogens is 336 g/mol. The van der Waals surface area contributed by atoms with Crippen molar-refractivity contribution in [2.24, 2.45) is 0 Å². The van der Waals surface area contributed by atoms with Gasteiger partial charge >= 0.3 is 0 Å². The molecule has 0 saturated heterocycles. The molecule has 1 aromatic heterocycles. The van der Waals surface area contributed by atoms with Crippen molar-refractivity contribution >= 4 is 27.9 Å². The van der Waals surface area contributed by atoms with E-state index in [0.29, 0.717) is 11.4 Å². The van der Waals surface area contributed by atoms with E-state index in [2.05, 4.69) is 36.4 Å². The maximum absolute atomic E-state index is 12.3. The summed E-state index contributed by atoms with van der Waals surface area (Å²) in [6.07, 6.45) is 3.25. The van der Waals surface area contributed by atoms with Gasteiger partial charge in [0.25, 0.3) is 5.91 Å². The molecule has 1 aliphatic heterocycles. The lowest BCUT2D eigenvalue weighted by Gasteiger charge is -2.19. The van der Waals surface area contributed by atoms with E-state index in [0.717, 1.165) is 15.8 Å². The molecule has 7 heteroatoms. The molecule has 6 nitrogen and oxygen atoms in total. The highest BCUT2D eigenvalue weighted by atomic mass is 79.9. The van der Waals surface area contributed by atoms with E-state index in [-0.39, 0.29) is 18.6 Å². The van der Waals surface area contributed by atoms with Crippen molar-refractivity contribution < 1.29 is 9.53 Å². The monoisotopic (exact) mass is 348 g/mol. The molecule has 1 aromatic carbocycles. The minimum Gasteiger partial charge on any atom is -0.488 e. The number of hydrogen-bond donors (Lipinski definition) is 2. The highest BCUT2D eigenvalue weighted by Gasteiger charge is 2.20. The third-order valence-corrected chi connectivity index (χ3v) is 3.66. The molecule has 0 saturated carbocycles. The summed E-state index contributed by atoms with van der Waals surface area (Å²) in [5.74, 6) is 1.21. The van der Waals surface area contributed by atoms with Crippen LogP contribution in [-0.2, 0) is 4.79 Å². The first-order valence-corrected chi connectivity index (χ1v) is 7.22. The predicted molar refractivity (Wildman–Crippen MR) is 80.6 cm³/mol. The SMILES string of the molecule is CC(NC(=O)C1=Cc2cc(Br)ccc2OC1)c1ncn[nH]1. The molecule has 0 bridgehead atoms. The minimum absolute atomic E-state index is 0.176. The molecule has 0 fully saturated rings. The summed E-state index contributed by atoms with van der Waals surface area (Å²) in [6, 6.07) is 5.46. The summed E-state index contributed by atoms with van der Waals surface area (Å²) in [4.78, 5) is 16.3. The van der Waals surface area contributed by atoms with Gasteiger partial charge in [-0.05, 0) is 31.2 Å². The molecule has 1 atom stereocenters. The number of nitrogens with one attached hydrogen (secondary N) is 2. The number of H-pyrrole nitrogens is 1. The Morgan fingerprint density at radius 2 is 2.38 bits per heavy atom. The lowest BCUT2D eigenvalue weighted by molar-refractivity contribution is -0.118. The Morgan fingerprint density at radius 3 is 3.14 bits per heavy atom. The van der Waals surface area contributed by atoms with Crippen LogP contribution in [0.1, 0.15) is 24.4 Å². The zero-order chi connectivity index (χ0) is 14.8. The highest BCUT2D eigenvalue weighted by molar-refractivity contribution is 9.10. The van der Waals surface area contributed by atoms with Gasteiger partial charge < -0.3 is 10.1 Å². The molecule has 1 amide bonds. The number of rotatable bonds is 3. The zero-order valence-corrected chi connectivity index (χ0v) is 12.8. The topological polar surface area (TPSA) is 79.9 Å². The van der Waals surface area contributed by atoms with Crippen LogP contribution in [0.3, 0.4) is 0 Å². The van der Waals surface area contributed by atoms with Crippen LogP contribution < -0.4 is 10.1 Å². The Balaban J connectivity index is 1.76. The molecule has 2 aromatic rings. The van der Waals surface area contributed by atoms with Crippen molar-refractivity contribution in [1.82, 2.24) is 20.5 Å². The molecule has 108 valence electrons. The van der Waals surface area contributed by atoms with E-state index in [9.17, 15) is 4.79 Å². The first-order chi connectivity index (χ1) is 10.1. The average Bonchev–Trinajstić information content (AvgIpc) is 3.00. The van der Waals surface area contributed by atoms with E-state index in [1.165, 1.54) is 6.33 Å². The Bertz CT molecular complexity index is 697. The second-order valence-electron chi connectivity index (χ2n) is 4.71. The van der Waals surface area contributed by atoms with Gasteiger partial charge in [0, 0.05) is 10.0 Å². The number of ether oxygens (including phenoxy) is 1. The molecule has 2 heterocycles. The maximum atomic E-state index is 12.3. The maximum Gasteiger partial charge on any atom is 0.251 e. The molecular formula is C14H13BrN4O2. The summed E-state index contributed by atoms with van der Waals surface area (Å²) in [5, 5.41) is 9.37. The molecule has 21 heavy (non-hydrogen) atoms. The molecule has 0 radical (unpaired) electrons. The molecule has 1 aliphatic rings. The lowest BCUT2D eigenvalue weighted by Crippen LogP contribution is -2.31. The Labute approximate surface area is 129 Å². The van der Waals surface area contributed by atoms with Crippen LogP contribution in [0.4, 0.5) is 0 Å². The van der Waals surface area contributed by atoms with Crippen molar-refractivity contribution in [1.29, 1.82) is 0 Å². The normalized spacial score (nSPS) is 14.7. The third-order valence-electron chi connectivity index (χ3n) is 3.17. The minimum atomic E-state index is -0.246. The van der Waals surface area contributed by atoms with Gasteiger partial charge in [-0.25, -0.2) is 4.98 Å². The average molecular weight is 349 g/mol. The van der Waals surface area contributed by atoms with E-state index in [1.807, 2.05) is 31.2 Å². The number of carbonyl (C=O) groups is 1. The van der Waals surface area contributed by atoms with Crippen LogP contribution in [0, 0.1) is 0 Å². The number of nitrogens with zero attached hydrogens (tertiary/aromatic N) is 2. The standard InChI is InChI=1S/C14H13BrN4O2/c1-8(13-16-7-17-19-13)18-14(20)10-4-9-5-11(15)2-3-12(9)21-6-10/h2-5,7-8H,6H2,1H3,(H,18,20)(H,16,17,19). The second-order valence-corrected chi connectivity index (χ2v) is 5.62. The number of benzene rings is 1. The van der Waals surface area contributed by atoms with Crippen LogP contribution in [0.2, 0.25) is 0 Å². The van der Waals surface area contributed by atoms with Crippen LogP contribution in [0.25, 0.3) is 6.08 Å². The largest absolute Gasteiger partial charge is 0.488 e. The Hall–Kier alpha value is -2.15. The number of amides is 1. The number of hydrogen-bond acceptors (Lipinski definition) is 4. The molecule has 0 aliphatic carbocycles. The van der Waals surface area contributed by atoms with E-state index in [1.54, 1.807) is 0 Å². The van der Waals surface area contributed by atoms with Gasteiger partial charge in [-0.2, -0.15) is 5.10 Å². The number of aromatic amines is 1. The van der Waals surface area contributed by atoms with Crippen molar-refractivity contribution in [3.8, 4) is 5.75 Å². The number of aromatic nitrogens is 3. The number of carbonyl (C=O) groups excluding carboxylic acids is 1. The van der Waals surface area contributed by atoms with Crippen LogP contribution in [0.15, 0.2) is 34.6 Å². The summed E-state index contributed by atoms with van der Waals surface area (Å²) >= 11 is 3.41. The van der Waals surface area contributed by atoms with Crippen molar-refractivity contribution in [2.75, 3.05) is 6.61 Å². The van der Waals surface area contributed by atoms with Crippen molar-refractivity contribution in [2.45, 2.75) is 13.0 Å². The van der Waals surface area contributed by atoms with Crippen LogP contribution in [-0.4, -0.2) is 27.7 Å². The van der Waals surface area contributed by atoms with Gasteiger partial charge in [-0.15, -0.1) is 0 Å². The van der Waals surface area contributed by atoms with Gasteiger partial charge in [0.1, 0.15) is 24.5 Å². The quantitative estimate of drug-likeness (QED) is 0.891. The Morgan fingerprint density at radius 1 is 1.52 bits per heavy atom. The van der Waals surface area contributed by atoms with Gasteiger partial charge in [0.05, 0.1) is 11.6 Å². The van der Waals surface area contributed by atoms with Gasteiger partial charge in [0.15, 0.2) is 0 Å². The summed E-state index contributed by atoms with van der Waals surface area (Å²) in [6.45, 7) is 2.09. The summed E-state index contributed by atoms with van der Waals surface area (Å²) in [5.41, 5.74) is 1.46. The fraction of sp³-hybridized carbons (Fsp3) is 0.214. The first-order valence-electron chi connectivity index (χ1n) is 6.42. The number of halogens is 1. The molecule has 0 spiro atoms. The van der Waals surface area contributed by atoms with Gasteiger partial charge in [-0.3, -0.25) is 9.89 Å². The van der Waals surface area contributed by atoms with E-state index < -0.39 is 0 Å². The van der Waals surface area contributed by atoms with Crippen molar-refractivity contribution in [3.05, 3.63) is 46.0 Å². The highest BCUT2D eigenvalue weighted by Crippen LogP contribution is 2.29. The van der Waals surface area contributed by atoms with E-state index in [4.69, 9.17) is 4.74 Å². The lowest BCUT2D eigenvalue weighted by atomic mass is 10.1. The zero-order valence-electron chi connectivity index (χ0n) is 11.3. The fourth-order valence-electron chi connectivity index (χ4n) is 2.06. The number of fused-ring (bicyclic) bond motifs is 1. The smallest absolute Gasteiger partial charge is 0.251 e. The molecule has 1 unspecified atom stereocenters. The summed E-state index contributed by atoms with van der Waals surface area (Å²) in [7, 11) is 0. The first kappa shape index (κ1) is 13.8. The van der Waals surface area contributed by atoms with Gasteiger partial charge in [-0.1, -0.05) is 15.9 Å². The third kappa shape index (κ3) is 2.97. The predicted octanol–water partition coefficient (Wildman–Crippen LogP) is 2.22. The Kier molecular flexibility index (Phi) is 3.74. The van der Waals surface area contributed by atoms with Crippen molar-refractivity contribution in [3.63, 3.8) is 0 Å². The fourth-order valence-corrected chi connectivity index (χ4v) is 2.44. The second kappa shape index (κ2) is 5.69. The van der Waals surface area contributed by atoms with E-state index >= 15 is 0 Å². The van der Waals surface area contributed by atoms with Gasteiger partial charge in [0.2, 0.25) is 0 Å². The van der Waals surface area contributed by atoms with Crippen LogP contribution >= 0.6 is 15.9 Å².